The summed E-state index contributed by atoms with van der Waals surface area (Å²) >= 11 is 0. The van der Waals surface area contributed by atoms with Gasteiger partial charge in [0, 0.05) is 0 Å². The predicted octanol–water partition coefficient (Wildman–Crippen LogP) is -4.58. The van der Waals surface area contributed by atoms with E-state index in [1.807, 2.05) is 0 Å². The quantitative estimate of drug-likeness (QED) is 0.247. The Kier molecular flexibility index (Phi) is 217. The number of hydrogen-bond donors (Lipinski definition) is 4. The molecule has 0 fully saturated rings. The molecule has 0 bridgehead atoms. The van der Waals surface area contributed by atoms with Gasteiger partial charge >= 0.3 is 27.9 Å². The van der Waals surface area contributed by atoms with Crippen LogP contribution in [0, 0.1) is 0 Å². The Morgan fingerprint density at radius 3 is 0.583 bits per heavy atom. The second kappa shape index (κ2) is 30.3. The van der Waals surface area contributed by atoms with Gasteiger partial charge in [-0.15, -0.1) is 0 Å². The third kappa shape index (κ3) is 15900. The van der Waals surface area contributed by atoms with Gasteiger partial charge in [0.1, 0.15) is 0 Å². The standard InChI is InChI=1S/6FH.Li.H4O4Si.H/c;;;;;;;1-5(2,3)4;/h6*1H;;1-4H;/q;;;;;;+1;;-1. The molecule has 0 rings (SSSR count). The Morgan fingerprint density at radius 2 is 0.583 bits per heavy atom. The summed E-state index contributed by atoms with van der Waals surface area (Å²) in [4.78, 5) is 29.3. The van der Waals surface area contributed by atoms with Crippen LogP contribution in [0.4, 0.5) is 28.2 Å². The van der Waals surface area contributed by atoms with Crippen molar-refractivity contribution in [2.75, 3.05) is 0 Å². The van der Waals surface area contributed by atoms with Crippen LogP contribution in [-0.4, -0.2) is 28.2 Å². The zero-order chi connectivity index (χ0) is 4.50. The molecule has 12 heteroatoms. The summed E-state index contributed by atoms with van der Waals surface area (Å²) < 4.78 is 0. The normalized spacial score (nSPS) is 5.00. The van der Waals surface area contributed by atoms with E-state index in [4.69, 9.17) is 19.2 Å². The minimum Gasteiger partial charge on any atom is -1.00 e. The molecule has 0 aliphatic heterocycles. The maximum atomic E-state index is 7.33. The maximum absolute atomic E-state index is 7.33. The molecule has 0 atom stereocenters. The van der Waals surface area contributed by atoms with Gasteiger partial charge in [0.25, 0.3) is 0 Å². The Bertz CT molecular complexity index is 40.1. The molecule has 0 radical (unpaired) electrons. The van der Waals surface area contributed by atoms with E-state index in [0.717, 1.165) is 0 Å². The van der Waals surface area contributed by atoms with Crippen LogP contribution in [0.15, 0.2) is 0 Å². The van der Waals surface area contributed by atoms with E-state index in [-0.39, 0.29) is 48.5 Å². The average Bonchev–Trinajstić information content (AvgIpc) is 0.722. The molecule has 4 nitrogen and oxygen atoms in total. The summed E-state index contributed by atoms with van der Waals surface area (Å²) in [6, 6.07) is 0. The summed E-state index contributed by atoms with van der Waals surface area (Å²) in [7, 11) is -4.61. The second-order valence-corrected chi connectivity index (χ2v) is 1.80. The maximum Gasteiger partial charge on any atom is 1.00 e. The van der Waals surface area contributed by atoms with Crippen LogP contribution in [0.1, 0.15) is 1.43 Å². The molecule has 82 valence electrons. The molecular formula is H11F6LiO4Si. The minimum atomic E-state index is -4.61. The molecule has 0 aliphatic rings. The molecule has 0 amide bonds. The minimum absolute atomic E-state index is 0. The van der Waals surface area contributed by atoms with Crippen LogP contribution in [0.2, 0.25) is 0 Å². The van der Waals surface area contributed by atoms with Gasteiger partial charge in [-0.05, 0) is 0 Å². The van der Waals surface area contributed by atoms with Crippen molar-refractivity contribution < 1.29 is 67.7 Å². The number of rotatable bonds is 0. The Balaban J connectivity index is -0.00000000286. The van der Waals surface area contributed by atoms with Crippen molar-refractivity contribution in [3.8, 4) is 0 Å². The molecule has 0 unspecified atom stereocenters. The van der Waals surface area contributed by atoms with Crippen LogP contribution in [-0.2, 0) is 0 Å². The van der Waals surface area contributed by atoms with Gasteiger partial charge in [0.05, 0.1) is 0 Å². The zero-order valence-electron chi connectivity index (χ0n) is 6.74. The summed E-state index contributed by atoms with van der Waals surface area (Å²) in [5.41, 5.74) is 0. The second-order valence-electron chi connectivity index (χ2n) is 0.600. The van der Waals surface area contributed by atoms with Crippen molar-refractivity contribution in [1.82, 2.24) is 0 Å². The van der Waals surface area contributed by atoms with Crippen molar-refractivity contribution in [2.45, 2.75) is 0 Å². The van der Waals surface area contributed by atoms with E-state index in [1.165, 1.54) is 0 Å². The number of halogens is 6. The molecule has 0 heterocycles. The van der Waals surface area contributed by atoms with Crippen LogP contribution in [0.25, 0.3) is 0 Å². The van der Waals surface area contributed by atoms with Gasteiger partial charge in [-0.1, -0.05) is 0 Å². The topological polar surface area (TPSA) is 80.9 Å². The van der Waals surface area contributed by atoms with Crippen LogP contribution in [0.3, 0.4) is 0 Å². The first-order chi connectivity index (χ1) is 2.00. The van der Waals surface area contributed by atoms with Crippen molar-refractivity contribution in [2.24, 2.45) is 0 Å². The van der Waals surface area contributed by atoms with Crippen molar-refractivity contribution >= 4 is 9.05 Å². The van der Waals surface area contributed by atoms with Gasteiger partial charge in [-0.25, -0.2) is 0 Å². The third-order valence-corrected chi connectivity index (χ3v) is 0. The van der Waals surface area contributed by atoms with Gasteiger partial charge in [0.2, 0.25) is 0 Å². The fourth-order valence-corrected chi connectivity index (χ4v) is 0. The first kappa shape index (κ1) is 86.1. The fourth-order valence-electron chi connectivity index (χ4n) is 0. The first-order valence-corrected chi connectivity index (χ1v) is 2.68. The van der Waals surface area contributed by atoms with Crippen molar-refractivity contribution in [1.29, 1.82) is 0 Å². The monoisotopic (exact) mass is 224 g/mol. The molecule has 0 aliphatic carbocycles. The van der Waals surface area contributed by atoms with E-state index < -0.39 is 9.05 Å². The van der Waals surface area contributed by atoms with E-state index in [2.05, 4.69) is 0 Å². The third-order valence-electron chi connectivity index (χ3n) is 0. The van der Waals surface area contributed by atoms with Gasteiger partial charge in [-0.2, -0.15) is 0 Å². The molecule has 12 heavy (non-hydrogen) atoms. The molecule has 0 aromatic heterocycles. The average molecular weight is 224 g/mol. The molecule has 0 saturated carbocycles. The van der Waals surface area contributed by atoms with Crippen molar-refractivity contribution in [3.63, 3.8) is 0 Å². The molecular weight excluding hydrogens is 213 g/mol. The smallest absolute Gasteiger partial charge is 1.00 e. The van der Waals surface area contributed by atoms with Gasteiger partial charge in [0.15, 0.2) is 0 Å². The zero-order valence-corrected chi connectivity index (χ0v) is 6.74. The van der Waals surface area contributed by atoms with E-state index in [1.54, 1.807) is 0 Å². The summed E-state index contributed by atoms with van der Waals surface area (Å²) in [5, 5.41) is 0. The predicted molar refractivity (Wildman–Crippen MR) is 30.8 cm³/mol. The van der Waals surface area contributed by atoms with Crippen LogP contribution < -0.4 is 18.9 Å². The molecule has 0 saturated heterocycles. The SMILES string of the molecule is F.F.F.F.F.F.O[Si](O)(O)O.[H-].[Li+]. The van der Waals surface area contributed by atoms with E-state index in [0.29, 0.717) is 0 Å². The molecule has 0 aromatic carbocycles. The Labute approximate surface area is 77.6 Å². The molecule has 0 aromatic rings. The Hall–Kier alpha value is 0.234. The van der Waals surface area contributed by atoms with Crippen LogP contribution in [0.5, 0.6) is 0 Å². The summed E-state index contributed by atoms with van der Waals surface area (Å²) in [6.07, 6.45) is 0. The summed E-state index contributed by atoms with van der Waals surface area (Å²) in [6.45, 7) is 0. The van der Waals surface area contributed by atoms with Crippen molar-refractivity contribution in [3.05, 3.63) is 0 Å². The Morgan fingerprint density at radius 1 is 0.583 bits per heavy atom. The largest absolute Gasteiger partial charge is 1.00 e. The fraction of sp³-hybridized carbons (Fsp3) is 0. The van der Waals surface area contributed by atoms with Gasteiger partial charge in [-0.3, -0.25) is 28.2 Å². The first-order valence-electron chi connectivity index (χ1n) is 0.894. The van der Waals surface area contributed by atoms with E-state index in [9.17, 15) is 0 Å². The molecule has 0 spiro atoms. The van der Waals surface area contributed by atoms with Gasteiger partial charge < -0.3 is 20.6 Å². The van der Waals surface area contributed by atoms with Crippen LogP contribution >= 0.6 is 0 Å². The van der Waals surface area contributed by atoms with E-state index >= 15 is 0 Å². The summed E-state index contributed by atoms with van der Waals surface area (Å²) in [5.74, 6) is 0. The number of hydrogen-bond acceptors (Lipinski definition) is 4. The molecule has 4 N–H and O–H groups in total.